The summed E-state index contributed by atoms with van der Waals surface area (Å²) in [6, 6.07) is 6.91. The van der Waals surface area contributed by atoms with Crippen molar-refractivity contribution in [3.05, 3.63) is 54.1 Å². The van der Waals surface area contributed by atoms with Crippen molar-refractivity contribution < 1.29 is 19.4 Å². The van der Waals surface area contributed by atoms with Gasteiger partial charge in [-0.2, -0.15) is 0 Å². The second-order valence-electron chi connectivity index (χ2n) is 5.51. The number of aromatic hydroxyl groups is 1. The Kier molecular flexibility index (Phi) is 5.35. The lowest BCUT2D eigenvalue weighted by molar-refractivity contribution is -0.0743. The molecule has 0 spiro atoms. The number of rotatable bonds is 5. The molecule has 0 saturated carbocycles. The van der Waals surface area contributed by atoms with E-state index in [1.165, 1.54) is 18.5 Å². The molecule has 0 bridgehead atoms. The fraction of sp³-hybridized carbons (Fsp3) is 0.353. The highest BCUT2D eigenvalue weighted by molar-refractivity contribution is 5.96. The zero-order valence-electron chi connectivity index (χ0n) is 13.1. The molecule has 0 aliphatic carbocycles. The minimum atomic E-state index is -0.353. The van der Waals surface area contributed by atoms with E-state index in [1.807, 2.05) is 18.2 Å². The predicted molar refractivity (Wildman–Crippen MR) is 85.4 cm³/mol. The van der Waals surface area contributed by atoms with Crippen LogP contribution in [0.3, 0.4) is 0 Å². The van der Waals surface area contributed by atoms with Crippen molar-refractivity contribution in [1.82, 2.24) is 15.3 Å². The van der Waals surface area contributed by atoms with Crippen molar-refractivity contribution in [3.8, 4) is 5.75 Å². The van der Waals surface area contributed by atoms with Gasteiger partial charge in [-0.1, -0.05) is 6.07 Å². The molecule has 7 nitrogen and oxygen atoms in total. The van der Waals surface area contributed by atoms with E-state index in [4.69, 9.17) is 9.47 Å². The highest BCUT2D eigenvalue weighted by atomic mass is 16.5. The molecule has 1 amide bonds. The molecule has 2 atom stereocenters. The van der Waals surface area contributed by atoms with Crippen LogP contribution in [-0.4, -0.2) is 46.3 Å². The average Bonchev–Trinajstić information content (AvgIpc) is 2.62. The van der Waals surface area contributed by atoms with Gasteiger partial charge in [0.1, 0.15) is 11.9 Å². The number of carbonyl (C=O) groups is 1. The normalized spacial score (nSPS) is 20.5. The number of nitrogens with zero attached hydrogens (tertiary/aromatic N) is 2. The second-order valence-corrected chi connectivity index (χ2v) is 5.51. The van der Waals surface area contributed by atoms with E-state index in [-0.39, 0.29) is 29.4 Å². The van der Waals surface area contributed by atoms with Crippen LogP contribution >= 0.6 is 0 Å². The summed E-state index contributed by atoms with van der Waals surface area (Å²) in [5.74, 6) is -0.499. The van der Waals surface area contributed by atoms with Gasteiger partial charge in [0.05, 0.1) is 36.7 Å². The SMILES string of the molecule is O=C(N[C@@H]1CCOC[C@H]1OCc1ccccn1)c1ccncc1O. The van der Waals surface area contributed by atoms with E-state index >= 15 is 0 Å². The summed E-state index contributed by atoms with van der Waals surface area (Å²) in [6.45, 7) is 1.30. The van der Waals surface area contributed by atoms with Gasteiger partial charge in [-0.3, -0.25) is 14.8 Å². The Bertz CT molecular complexity index is 681. The third-order valence-electron chi connectivity index (χ3n) is 3.84. The Labute approximate surface area is 139 Å². The largest absolute Gasteiger partial charge is 0.505 e. The van der Waals surface area contributed by atoms with Crippen LogP contribution in [0, 0.1) is 0 Å². The number of amides is 1. The molecule has 1 aliphatic rings. The van der Waals surface area contributed by atoms with Crippen LogP contribution in [0.4, 0.5) is 0 Å². The van der Waals surface area contributed by atoms with Crippen LogP contribution in [0.25, 0.3) is 0 Å². The first kappa shape index (κ1) is 16.4. The topological polar surface area (TPSA) is 93.6 Å². The first-order chi connectivity index (χ1) is 11.7. The van der Waals surface area contributed by atoms with Crippen LogP contribution in [-0.2, 0) is 16.1 Å². The molecule has 3 heterocycles. The zero-order chi connectivity index (χ0) is 16.8. The molecule has 2 aromatic heterocycles. The lowest BCUT2D eigenvalue weighted by atomic mass is 10.1. The molecule has 2 aromatic rings. The van der Waals surface area contributed by atoms with Crippen LogP contribution in [0.1, 0.15) is 22.5 Å². The van der Waals surface area contributed by atoms with Gasteiger partial charge >= 0.3 is 0 Å². The van der Waals surface area contributed by atoms with Crippen LogP contribution < -0.4 is 5.32 Å². The fourth-order valence-electron chi connectivity index (χ4n) is 2.54. The van der Waals surface area contributed by atoms with Crippen LogP contribution in [0.2, 0.25) is 0 Å². The standard InChI is InChI=1S/C17H19N3O4/c21-15-9-18-7-4-13(15)17(22)20-14-5-8-23-11-16(14)24-10-12-3-1-2-6-19-12/h1-4,6-7,9,14,16,21H,5,8,10-11H2,(H,20,22)/t14-,16-/m1/s1. The average molecular weight is 329 g/mol. The van der Waals surface area contributed by atoms with Gasteiger partial charge in [0, 0.05) is 19.0 Å². The van der Waals surface area contributed by atoms with Gasteiger partial charge < -0.3 is 19.9 Å². The van der Waals surface area contributed by atoms with E-state index in [2.05, 4.69) is 15.3 Å². The lowest BCUT2D eigenvalue weighted by Gasteiger charge is -2.32. The van der Waals surface area contributed by atoms with Gasteiger partial charge in [-0.25, -0.2) is 0 Å². The summed E-state index contributed by atoms with van der Waals surface area (Å²) < 4.78 is 11.3. The van der Waals surface area contributed by atoms with Crippen molar-refractivity contribution in [1.29, 1.82) is 0 Å². The molecule has 0 aromatic carbocycles. The quantitative estimate of drug-likeness (QED) is 0.858. The van der Waals surface area contributed by atoms with Gasteiger partial charge in [0.2, 0.25) is 0 Å². The highest BCUT2D eigenvalue weighted by Crippen LogP contribution is 2.17. The summed E-state index contributed by atoms with van der Waals surface area (Å²) in [6.07, 6.45) is 4.79. The Balaban J connectivity index is 1.62. The van der Waals surface area contributed by atoms with E-state index in [0.29, 0.717) is 26.2 Å². The number of pyridine rings is 2. The molecule has 126 valence electrons. The number of hydrogen-bond donors (Lipinski definition) is 2. The van der Waals surface area contributed by atoms with E-state index < -0.39 is 0 Å². The summed E-state index contributed by atoms with van der Waals surface area (Å²) in [5.41, 5.74) is 1.01. The molecule has 7 heteroatoms. The van der Waals surface area contributed by atoms with Gasteiger partial charge in [-0.15, -0.1) is 0 Å². The highest BCUT2D eigenvalue weighted by Gasteiger charge is 2.29. The molecular formula is C17H19N3O4. The van der Waals surface area contributed by atoms with Crippen molar-refractivity contribution >= 4 is 5.91 Å². The minimum Gasteiger partial charge on any atom is -0.505 e. The van der Waals surface area contributed by atoms with Crippen LogP contribution in [0.5, 0.6) is 5.75 Å². The zero-order valence-corrected chi connectivity index (χ0v) is 13.1. The molecular weight excluding hydrogens is 310 g/mol. The van der Waals surface area contributed by atoms with Gasteiger partial charge in [0.25, 0.3) is 5.91 Å². The van der Waals surface area contributed by atoms with Crippen molar-refractivity contribution in [2.45, 2.75) is 25.2 Å². The lowest BCUT2D eigenvalue weighted by Crippen LogP contribution is -2.50. The molecule has 0 radical (unpaired) electrons. The summed E-state index contributed by atoms with van der Waals surface area (Å²) in [7, 11) is 0. The molecule has 0 unspecified atom stereocenters. The Morgan fingerprint density at radius 3 is 3.08 bits per heavy atom. The Hall–Kier alpha value is -2.51. The fourth-order valence-corrected chi connectivity index (χ4v) is 2.54. The molecule has 1 saturated heterocycles. The number of ether oxygens (including phenoxy) is 2. The molecule has 3 rings (SSSR count). The third-order valence-corrected chi connectivity index (χ3v) is 3.84. The number of hydrogen-bond acceptors (Lipinski definition) is 6. The monoisotopic (exact) mass is 329 g/mol. The van der Waals surface area contributed by atoms with E-state index in [9.17, 15) is 9.90 Å². The van der Waals surface area contributed by atoms with Crippen LogP contribution in [0.15, 0.2) is 42.9 Å². The number of nitrogens with one attached hydrogen (secondary N) is 1. The molecule has 1 fully saturated rings. The van der Waals surface area contributed by atoms with E-state index in [0.717, 1.165) is 5.69 Å². The first-order valence-electron chi connectivity index (χ1n) is 7.77. The number of aromatic nitrogens is 2. The van der Waals surface area contributed by atoms with Gasteiger partial charge in [0.15, 0.2) is 0 Å². The molecule has 1 aliphatic heterocycles. The van der Waals surface area contributed by atoms with Crippen molar-refractivity contribution in [3.63, 3.8) is 0 Å². The van der Waals surface area contributed by atoms with Crippen molar-refractivity contribution in [2.75, 3.05) is 13.2 Å². The minimum absolute atomic E-state index is 0.145. The maximum atomic E-state index is 12.3. The van der Waals surface area contributed by atoms with E-state index in [1.54, 1.807) is 6.20 Å². The van der Waals surface area contributed by atoms with Gasteiger partial charge in [-0.05, 0) is 24.6 Å². The summed E-state index contributed by atoms with van der Waals surface area (Å²) in [4.78, 5) is 20.3. The first-order valence-corrected chi connectivity index (χ1v) is 7.77. The predicted octanol–water partition coefficient (Wildman–Crippen LogP) is 1.29. The Morgan fingerprint density at radius 1 is 1.38 bits per heavy atom. The molecule has 24 heavy (non-hydrogen) atoms. The maximum Gasteiger partial charge on any atom is 0.255 e. The smallest absolute Gasteiger partial charge is 0.255 e. The maximum absolute atomic E-state index is 12.3. The number of carbonyl (C=O) groups excluding carboxylic acids is 1. The second kappa shape index (κ2) is 7.85. The third kappa shape index (κ3) is 4.06. The molecule has 2 N–H and O–H groups in total. The summed E-state index contributed by atoms with van der Waals surface area (Å²) in [5, 5.41) is 12.7. The summed E-state index contributed by atoms with van der Waals surface area (Å²) >= 11 is 0. The van der Waals surface area contributed by atoms with Crippen molar-refractivity contribution in [2.24, 2.45) is 0 Å². The Morgan fingerprint density at radius 2 is 2.29 bits per heavy atom.